The van der Waals surface area contributed by atoms with E-state index in [1.54, 1.807) is 0 Å². The standard InChI is InChI=1S/C16H21N5O2/c1-5-11(3)19-15-14(21(22)23)16(18-9-17-15)20-13-8-6-7-10(2)12(13)4/h6-9,11H,5H2,1-4H3,(H2,17,18,19,20). The zero-order valence-corrected chi connectivity index (χ0v) is 13.8. The summed E-state index contributed by atoms with van der Waals surface area (Å²) in [7, 11) is 0. The molecule has 7 nitrogen and oxygen atoms in total. The number of rotatable bonds is 6. The van der Waals surface area contributed by atoms with Crippen LogP contribution in [-0.2, 0) is 0 Å². The molecule has 0 amide bonds. The number of nitro groups is 1. The Kier molecular flexibility index (Phi) is 5.10. The molecule has 0 aliphatic carbocycles. The molecule has 0 bridgehead atoms. The van der Waals surface area contributed by atoms with Crippen LogP contribution in [-0.4, -0.2) is 20.9 Å². The summed E-state index contributed by atoms with van der Waals surface area (Å²) in [5.41, 5.74) is 2.77. The lowest BCUT2D eigenvalue weighted by Gasteiger charge is -2.15. The second kappa shape index (κ2) is 7.04. The Morgan fingerprint density at radius 2 is 1.96 bits per heavy atom. The summed E-state index contributed by atoms with van der Waals surface area (Å²) in [6.07, 6.45) is 2.16. The highest BCUT2D eigenvalue weighted by atomic mass is 16.6. The second-order valence-corrected chi connectivity index (χ2v) is 5.50. The molecule has 0 radical (unpaired) electrons. The number of hydrogen-bond donors (Lipinski definition) is 2. The van der Waals surface area contributed by atoms with Crippen molar-refractivity contribution in [3.8, 4) is 0 Å². The molecule has 2 aromatic rings. The molecule has 0 aliphatic heterocycles. The van der Waals surface area contributed by atoms with Gasteiger partial charge in [0.2, 0.25) is 11.6 Å². The molecule has 2 rings (SSSR count). The molecule has 1 aromatic carbocycles. The Morgan fingerprint density at radius 1 is 1.26 bits per heavy atom. The van der Waals surface area contributed by atoms with Crippen LogP contribution in [0.2, 0.25) is 0 Å². The lowest BCUT2D eigenvalue weighted by Crippen LogP contribution is -2.16. The maximum absolute atomic E-state index is 11.5. The molecule has 7 heteroatoms. The van der Waals surface area contributed by atoms with Crippen LogP contribution in [0.5, 0.6) is 0 Å². The van der Waals surface area contributed by atoms with Gasteiger partial charge in [-0.05, 0) is 44.4 Å². The molecule has 1 unspecified atom stereocenters. The van der Waals surface area contributed by atoms with Crippen LogP contribution in [0.4, 0.5) is 23.0 Å². The largest absolute Gasteiger partial charge is 0.362 e. The van der Waals surface area contributed by atoms with Crippen molar-refractivity contribution in [3.05, 3.63) is 45.8 Å². The molecule has 0 saturated carbocycles. The van der Waals surface area contributed by atoms with Crippen molar-refractivity contribution in [2.45, 2.75) is 40.2 Å². The third kappa shape index (κ3) is 3.74. The molecule has 1 aromatic heterocycles. The van der Waals surface area contributed by atoms with E-state index in [4.69, 9.17) is 0 Å². The van der Waals surface area contributed by atoms with Gasteiger partial charge in [-0.3, -0.25) is 10.1 Å². The molecule has 0 spiro atoms. The van der Waals surface area contributed by atoms with Gasteiger partial charge in [0.15, 0.2) is 0 Å². The first-order valence-corrected chi connectivity index (χ1v) is 7.53. The second-order valence-electron chi connectivity index (χ2n) is 5.50. The highest BCUT2D eigenvalue weighted by Gasteiger charge is 2.24. The SMILES string of the molecule is CCC(C)Nc1ncnc(Nc2cccc(C)c2C)c1[N+](=O)[O-]. The summed E-state index contributed by atoms with van der Waals surface area (Å²) in [4.78, 5) is 19.1. The predicted octanol–water partition coefficient (Wildman–Crippen LogP) is 3.96. The predicted molar refractivity (Wildman–Crippen MR) is 91.3 cm³/mol. The van der Waals surface area contributed by atoms with Crippen LogP contribution in [0.15, 0.2) is 24.5 Å². The van der Waals surface area contributed by atoms with E-state index in [9.17, 15) is 10.1 Å². The van der Waals surface area contributed by atoms with Crippen LogP contribution in [0.3, 0.4) is 0 Å². The van der Waals surface area contributed by atoms with Gasteiger partial charge in [-0.25, -0.2) is 9.97 Å². The molecule has 23 heavy (non-hydrogen) atoms. The number of aromatic nitrogens is 2. The first-order chi connectivity index (χ1) is 10.9. The summed E-state index contributed by atoms with van der Waals surface area (Å²) in [5, 5.41) is 17.6. The molecule has 0 fully saturated rings. The number of anilines is 3. The fourth-order valence-corrected chi connectivity index (χ4v) is 2.10. The van der Waals surface area contributed by atoms with Crippen molar-refractivity contribution in [2.24, 2.45) is 0 Å². The first kappa shape index (κ1) is 16.7. The Bertz CT molecular complexity index is 718. The molecule has 1 heterocycles. The maximum atomic E-state index is 11.5. The van der Waals surface area contributed by atoms with Gasteiger partial charge in [-0.2, -0.15) is 0 Å². The van der Waals surface area contributed by atoms with Crippen molar-refractivity contribution < 1.29 is 4.92 Å². The minimum atomic E-state index is -0.460. The average Bonchev–Trinajstić information content (AvgIpc) is 2.51. The number of hydrogen-bond acceptors (Lipinski definition) is 6. The van der Waals surface area contributed by atoms with E-state index in [0.717, 1.165) is 23.2 Å². The third-order valence-corrected chi connectivity index (χ3v) is 3.86. The number of nitrogens with one attached hydrogen (secondary N) is 2. The highest BCUT2D eigenvalue weighted by molar-refractivity contribution is 5.75. The number of benzene rings is 1. The van der Waals surface area contributed by atoms with Crippen LogP contribution in [0.1, 0.15) is 31.4 Å². The van der Waals surface area contributed by atoms with Gasteiger partial charge in [-0.15, -0.1) is 0 Å². The van der Waals surface area contributed by atoms with E-state index in [0.29, 0.717) is 0 Å². The zero-order chi connectivity index (χ0) is 17.0. The van der Waals surface area contributed by atoms with E-state index in [1.807, 2.05) is 45.9 Å². The van der Waals surface area contributed by atoms with Crippen molar-refractivity contribution in [3.63, 3.8) is 0 Å². The summed E-state index contributed by atoms with van der Waals surface area (Å²) in [6, 6.07) is 5.84. The van der Waals surface area contributed by atoms with E-state index in [2.05, 4.69) is 20.6 Å². The monoisotopic (exact) mass is 315 g/mol. The first-order valence-electron chi connectivity index (χ1n) is 7.53. The quantitative estimate of drug-likeness (QED) is 0.619. The van der Waals surface area contributed by atoms with Crippen molar-refractivity contribution in [1.82, 2.24) is 9.97 Å². The summed E-state index contributed by atoms with van der Waals surface area (Å²) in [5.74, 6) is 0.414. The Labute approximate surface area is 135 Å². The lowest BCUT2D eigenvalue weighted by molar-refractivity contribution is -0.383. The Hall–Kier alpha value is -2.70. The normalized spacial score (nSPS) is 11.8. The van der Waals surface area contributed by atoms with Gasteiger partial charge in [-0.1, -0.05) is 19.1 Å². The third-order valence-electron chi connectivity index (χ3n) is 3.86. The minimum absolute atomic E-state index is 0.0807. The number of nitrogens with zero attached hydrogens (tertiary/aromatic N) is 3. The highest BCUT2D eigenvalue weighted by Crippen LogP contribution is 2.32. The lowest BCUT2D eigenvalue weighted by atomic mass is 10.1. The van der Waals surface area contributed by atoms with Crippen LogP contribution in [0, 0.1) is 24.0 Å². The number of aryl methyl sites for hydroxylation is 1. The van der Waals surface area contributed by atoms with Gasteiger partial charge >= 0.3 is 5.69 Å². The van der Waals surface area contributed by atoms with Crippen LogP contribution >= 0.6 is 0 Å². The van der Waals surface area contributed by atoms with Gasteiger partial charge in [0.25, 0.3) is 0 Å². The van der Waals surface area contributed by atoms with Gasteiger partial charge in [0.1, 0.15) is 6.33 Å². The van der Waals surface area contributed by atoms with Crippen molar-refractivity contribution >= 4 is 23.0 Å². The Morgan fingerprint density at radius 3 is 2.61 bits per heavy atom. The molecular formula is C16H21N5O2. The Balaban J connectivity index is 2.44. The summed E-state index contributed by atoms with van der Waals surface area (Å²) >= 11 is 0. The van der Waals surface area contributed by atoms with Gasteiger partial charge in [0.05, 0.1) is 4.92 Å². The van der Waals surface area contributed by atoms with Gasteiger partial charge in [0, 0.05) is 11.7 Å². The molecular weight excluding hydrogens is 294 g/mol. The minimum Gasteiger partial charge on any atom is -0.362 e. The fraction of sp³-hybridized carbons (Fsp3) is 0.375. The molecule has 1 atom stereocenters. The smallest absolute Gasteiger partial charge is 0.353 e. The summed E-state index contributed by atoms with van der Waals surface area (Å²) < 4.78 is 0. The summed E-state index contributed by atoms with van der Waals surface area (Å²) in [6.45, 7) is 7.90. The fourth-order valence-electron chi connectivity index (χ4n) is 2.10. The zero-order valence-electron chi connectivity index (χ0n) is 13.8. The van der Waals surface area contributed by atoms with E-state index >= 15 is 0 Å². The molecule has 0 saturated heterocycles. The van der Waals surface area contributed by atoms with E-state index in [1.165, 1.54) is 6.33 Å². The average molecular weight is 315 g/mol. The van der Waals surface area contributed by atoms with Crippen molar-refractivity contribution in [1.29, 1.82) is 0 Å². The van der Waals surface area contributed by atoms with Crippen LogP contribution < -0.4 is 10.6 Å². The molecule has 2 N–H and O–H groups in total. The molecule has 0 aliphatic rings. The topological polar surface area (TPSA) is 93.0 Å². The van der Waals surface area contributed by atoms with E-state index < -0.39 is 4.92 Å². The molecule has 122 valence electrons. The van der Waals surface area contributed by atoms with Crippen molar-refractivity contribution in [2.75, 3.05) is 10.6 Å². The van der Waals surface area contributed by atoms with Crippen LogP contribution in [0.25, 0.3) is 0 Å². The maximum Gasteiger partial charge on any atom is 0.353 e. The van der Waals surface area contributed by atoms with Gasteiger partial charge < -0.3 is 10.6 Å². The van der Waals surface area contributed by atoms with E-state index in [-0.39, 0.29) is 23.4 Å².